The maximum absolute atomic E-state index is 12.4. The maximum atomic E-state index is 12.4. The average Bonchev–Trinajstić information content (AvgIpc) is 2.02. The number of hydrogen-bond donors (Lipinski definition) is 1. The third-order valence-corrected chi connectivity index (χ3v) is 1.77. The van der Waals surface area contributed by atoms with Crippen LogP contribution in [0.2, 0.25) is 0 Å². The molecule has 0 unspecified atom stereocenters. The number of pyridine rings is 1. The Hall–Kier alpha value is -1.79. The Morgan fingerprint density at radius 3 is 2.64 bits per heavy atom. The van der Waals surface area contributed by atoms with Crippen molar-refractivity contribution in [3.8, 4) is 0 Å². The second-order valence-electron chi connectivity index (χ2n) is 2.63. The van der Waals surface area contributed by atoms with Gasteiger partial charge in [-0.3, -0.25) is 0 Å². The van der Waals surface area contributed by atoms with Crippen molar-refractivity contribution in [3.63, 3.8) is 0 Å². The van der Waals surface area contributed by atoms with E-state index in [9.17, 15) is 18.9 Å². The number of nitrogens with zero attached hydrogens (tertiary/aromatic N) is 2. The number of alkyl halides is 2. The van der Waals surface area contributed by atoms with E-state index in [-0.39, 0.29) is 11.3 Å². The van der Waals surface area contributed by atoms with Gasteiger partial charge in [0.2, 0.25) is 0 Å². The average molecular weight is 203 g/mol. The van der Waals surface area contributed by atoms with Crippen LogP contribution in [0.5, 0.6) is 0 Å². The summed E-state index contributed by atoms with van der Waals surface area (Å²) in [6.07, 6.45) is -1.97. The van der Waals surface area contributed by atoms with Gasteiger partial charge in [-0.05, 0) is 16.8 Å². The van der Waals surface area contributed by atoms with Gasteiger partial charge in [-0.25, -0.2) is 8.78 Å². The Kier molecular flexibility index (Phi) is 2.59. The molecule has 2 N–H and O–H groups in total. The predicted octanol–water partition coefficient (Wildman–Crippen LogP) is 1.82. The highest BCUT2D eigenvalue weighted by atomic mass is 19.3. The molecular formula is C7H7F2N3O2. The molecule has 0 aromatic carbocycles. The summed E-state index contributed by atoms with van der Waals surface area (Å²) in [5.74, 6) is -0.588. The lowest BCUT2D eigenvalue weighted by Crippen LogP contribution is -2.04. The summed E-state index contributed by atoms with van der Waals surface area (Å²) in [6, 6.07) is 0. The molecule has 7 heteroatoms. The minimum atomic E-state index is -2.84. The number of rotatable bonds is 2. The van der Waals surface area contributed by atoms with Crippen molar-refractivity contribution >= 4 is 11.5 Å². The van der Waals surface area contributed by atoms with Crippen molar-refractivity contribution in [2.24, 2.45) is 0 Å². The summed E-state index contributed by atoms with van der Waals surface area (Å²) < 4.78 is 24.8. The highest BCUT2D eigenvalue weighted by molar-refractivity contribution is 5.54. The van der Waals surface area contributed by atoms with E-state index in [2.05, 4.69) is 4.98 Å². The smallest absolute Gasteiger partial charge is 0.366 e. The molecule has 0 saturated heterocycles. The molecule has 5 nitrogen and oxygen atoms in total. The van der Waals surface area contributed by atoms with Gasteiger partial charge in [0.15, 0.2) is 6.20 Å². The molecule has 1 rings (SSSR count). The monoisotopic (exact) mass is 203 g/mol. The Bertz CT molecular complexity index is 381. The fourth-order valence-electron chi connectivity index (χ4n) is 1.11. The van der Waals surface area contributed by atoms with E-state index in [0.29, 0.717) is 0 Å². The van der Waals surface area contributed by atoms with E-state index >= 15 is 0 Å². The molecule has 0 saturated carbocycles. The number of aromatic nitrogens is 1. The van der Waals surface area contributed by atoms with Crippen molar-refractivity contribution in [2.45, 2.75) is 13.3 Å². The minimum absolute atomic E-state index is 0.190. The molecule has 0 bridgehead atoms. The van der Waals surface area contributed by atoms with Crippen molar-refractivity contribution in [1.82, 2.24) is 4.98 Å². The fraction of sp³-hybridized carbons (Fsp3) is 0.286. The van der Waals surface area contributed by atoms with Gasteiger partial charge in [-0.1, -0.05) is 0 Å². The number of anilines is 1. The van der Waals surface area contributed by atoms with Gasteiger partial charge in [-0.2, -0.15) is 0 Å². The van der Waals surface area contributed by atoms with Crippen molar-refractivity contribution in [3.05, 3.63) is 27.4 Å². The van der Waals surface area contributed by atoms with Crippen LogP contribution in [0, 0.1) is 17.0 Å². The second kappa shape index (κ2) is 3.52. The summed E-state index contributed by atoms with van der Waals surface area (Å²) >= 11 is 0. The van der Waals surface area contributed by atoms with Crippen LogP contribution in [-0.2, 0) is 0 Å². The first-order valence-electron chi connectivity index (χ1n) is 3.62. The van der Waals surface area contributed by atoms with Crippen LogP contribution in [0.3, 0.4) is 0 Å². The topological polar surface area (TPSA) is 82.0 Å². The molecule has 0 aliphatic heterocycles. The maximum Gasteiger partial charge on any atom is 0.366 e. The van der Waals surface area contributed by atoms with Gasteiger partial charge < -0.3 is 15.8 Å². The summed E-state index contributed by atoms with van der Waals surface area (Å²) in [4.78, 5) is 12.9. The Balaban J connectivity index is 3.41. The highest BCUT2D eigenvalue weighted by Gasteiger charge is 2.23. The van der Waals surface area contributed by atoms with Gasteiger partial charge in [0, 0.05) is 0 Å². The first-order chi connectivity index (χ1) is 6.45. The molecule has 1 aromatic heterocycles. The zero-order valence-corrected chi connectivity index (χ0v) is 7.20. The van der Waals surface area contributed by atoms with Crippen molar-refractivity contribution in [1.29, 1.82) is 0 Å². The van der Waals surface area contributed by atoms with Gasteiger partial charge in [-0.15, -0.1) is 0 Å². The zero-order chi connectivity index (χ0) is 10.9. The fourth-order valence-corrected chi connectivity index (χ4v) is 1.11. The Morgan fingerprint density at radius 1 is 1.64 bits per heavy atom. The number of halogens is 2. The third-order valence-electron chi connectivity index (χ3n) is 1.77. The molecule has 0 radical (unpaired) electrons. The van der Waals surface area contributed by atoms with Crippen LogP contribution in [0.4, 0.5) is 20.3 Å². The first kappa shape index (κ1) is 10.3. The van der Waals surface area contributed by atoms with E-state index in [0.717, 1.165) is 6.20 Å². The lowest BCUT2D eigenvalue weighted by atomic mass is 10.1. The minimum Gasteiger partial charge on any atom is -0.395 e. The van der Waals surface area contributed by atoms with E-state index in [1.54, 1.807) is 0 Å². The molecule has 0 spiro atoms. The molecule has 14 heavy (non-hydrogen) atoms. The van der Waals surface area contributed by atoms with Crippen LogP contribution in [0.1, 0.15) is 17.6 Å². The lowest BCUT2D eigenvalue weighted by Gasteiger charge is -2.06. The van der Waals surface area contributed by atoms with Gasteiger partial charge in [0.1, 0.15) is 0 Å². The molecule has 0 atom stereocenters. The standard InChI is InChI=1S/C7H7F2N3O2/c1-3-5(6(8)9)4(10)2-11-7(3)12(13)14/h2,6H,10H2,1H3. The highest BCUT2D eigenvalue weighted by Crippen LogP contribution is 2.31. The largest absolute Gasteiger partial charge is 0.395 e. The number of nitro groups is 1. The molecule has 1 aromatic rings. The van der Waals surface area contributed by atoms with E-state index < -0.39 is 22.7 Å². The zero-order valence-electron chi connectivity index (χ0n) is 7.20. The summed E-state index contributed by atoms with van der Waals surface area (Å²) in [7, 11) is 0. The summed E-state index contributed by atoms with van der Waals surface area (Å²) in [6.45, 7) is 1.20. The molecular weight excluding hydrogens is 196 g/mol. The van der Waals surface area contributed by atoms with Gasteiger partial charge in [0.25, 0.3) is 6.43 Å². The summed E-state index contributed by atoms with van der Waals surface area (Å²) in [5, 5.41) is 10.4. The van der Waals surface area contributed by atoms with E-state index in [4.69, 9.17) is 5.73 Å². The molecule has 0 aliphatic rings. The number of hydrogen-bond acceptors (Lipinski definition) is 4. The molecule has 1 heterocycles. The van der Waals surface area contributed by atoms with Gasteiger partial charge >= 0.3 is 5.82 Å². The van der Waals surface area contributed by atoms with Crippen LogP contribution in [-0.4, -0.2) is 9.91 Å². The predicted molar refractivity (Wildman–Crippen MR) is 45.0 cm³/mol. The van der Waals surface area contributed by atoms with Crippen LogP contribution in [0.25, 0.3) is 0 Å². The van der Waals surface area contributed by atoms with Gasteiger partial charge in [0.05, 0.1) is 16.8 Å². The normalized spacial score (nSPS) is 10.6. The molecule has 0 fully saturated rings. The number of nitrogens with two attached hydrogens (primary N) is 1. The Morgan fingerprint density at radius 2 is 2.21 bits per heavy atom. The molecule has 0 aliphatic carbocycles. The van der Waals surface area contributed by atoms with E-state index in [1.807, 2.05) is 0 Å². The summed E-state index contributed by atoms with van der Waals surface area (Å²) in [5.41, 5.74) is 4.28. The van der Waals surface area contributed by atoms with E-state index in [1.165, 1.54) is 6.92 Å². The SMILES string of the molecule is Cc1c([N+](=O)[O-])ncc(N)c1C(F)F. The van der Waals surface area contributed by atoms with Crippen LogP contribution in [0.15, 0.2) is 6.20 Å². The quantitative estimate of drug-likeness (QED) is 0.587. The van der Waals surface area contributed by atoms with Crippen LogP contribution < -0.4 is 5.73 Å². The lowest BCUT2D eigenvalue weighted by molar-refractivity contribution is -0.390. The Labute approximate surface area is 77.7 Å². The molecule has 0 amide bonds. The van der Waals surface area contributed by atoms with Crippen molar-refractivity contribution in [2.75, 3.05) is 5.73 Å². The molecule has 76 valence electrons. The third kappa shape index (κ3) is 1.61. The van der Waals surface area contributed by atoms with Crippen LogP contribution >= 0.6 is 0 Å². The first-order valence-corrected chi connectivity index (χ1v) is 3.62. The second-order valence-corrected chi connectivity index (χ2v) is 2.63. The number of nitrogen functional groups attached to an aromatic ring is 1. The van der Waals surface area contributed by atoms with Crippen molar-refractivity contribution < 1.29 is 13.7 Å².